The van der Waals surface area contributed by atoms with Crippen LogP contribution in [-0.4, -0.2) is 38.0 Å². The first-order valence-electron chi connectivity index (χ1n) is 7.24. The third-order valence-corrected chi connectivity index (χ3v) is 4.24. The Balaban J connectivity index is 1.57. The number of hydrogen-bond donors (Lipinski definition) is 1. The van der Waals surface area contributed by atoms with Crippen LogP contribution in [0.5, 0.6) is 0 Å². The van der Waals surface area contributed by atoms with Crippen LogP contribution in [0.25, 0.3) is 0 Å². The molecule has 1 aliphatic heterocycles. The molecule has 1 aromatic carbocycles. The maximum Gasteiger partial charge on any atom is 0.406 e. The second-order valence-electron chi connectivity index (χ2n) is 5.70. The lowest BCUT2D eigenvalue weighted by Crippen LogP contribution is -2.44. The fourth-order valence-corrected chi connectivity index (χ4v) is 2.60. The Morgan fingerprint density at radius 3 is 2.24 bits per heavy atom. The van der Waals surface area contributed by atoms with Crippen molar-refractivity contribution in [1.29, 1.82) is 0 Å². The van der Waals surface area contributed by atoms with E-state index in [-0.39, 0.29) is 19.4 Å². The summed E-state index contributed by atoms with van der Waals surface area (Å²) in [4.78, 5) is 2.22. The van der Waals surface area contributed by atoms with Gasteiger partial charge in [0.05, 0.1) is 13.2 Å². The largest absolute Gasteiger partial charge is 0.406 e. The number of alkyl halides is 3. The van der Waals surface area contributed by atoms with Crippen molar-refractivity contribution < 1.29 is 17.9 Å². The van der Waals surface area contributed by atoms with Crippen molar-refractivity contribution in [3.63, 3.8) is 0 Å². The molecule has 0 spiro atoms. The fraction of sp³-hybridized carbons (Fsp3) is 0.600. The first-order chi connectivity index (χ1) is 10.0. The van der Waals surface area contributed by atoms with Gasteiger partial charge in [-0.1, -0.05) is 12.1 Å². The topological polar surface area (TPSA) is 24.5 Å². The van der Waals surface area contributed by atoms with Crippen LogP contribution in [0.3, 0.4) is 0 Å². The molecule has 3 nitrogen and oxygen atoms in total. The van der Waals surface area contributed by atoms with Gasteiger partial charge in [-0.05, 0) is 30.5 Å². The Bertz CT molecular complexity index is 477. The number of hydrogen-bond acceptors (Lipinski definition) is 3. The van der Waals surface area contributed by atoms with Crippen LogP contribution in [0, 0.1) is 0 Å². The summed E-state index contributed by atoms with van der Waals surface area (Å²) in [7, 11) is 0. The predicted octanol–water partition coefficient (Wildman–Crippen LogP) is 2.71. The average molecular weight is 300 g/mol. The van der Waals surface area contributed by atoms with Gasteiger partial charge in [0, 0.05) is 25.3 Å². The summed E-state index contributed by atoms with van der Waals surface area (Å²) >= 11 is 0. The van der Waals surface area contributed by atoms with Crippen molar-refractivity contribution in [3.8, 4) is 0 Å². The number of anilines is 1. The van der Waals surface area contributed by atoms with Crippen LogP contribution < -0.4 is 10.2 Å². The van der Waals surface area contributed by atoms with Gasteiger partial charge >= 0.3 is 6.18 Å². The Kier molecular flexibility index (Phi) is 3.84. The molecule has 1 aromatic rings. The summed E-state index contributed by atoms with van der Waals surface area (Å²) in [6.45, 7) is 3.40. The van der Waals surface area contributed by atoms with E-state index >= 15 is 0 Å². The molecule has 0 bridgehead atoms. The number of nitrogens with one attached hydrogen (secondary N) is 1. The van der Waals surface area contributed by atoms with Crippen molar-refractivity contribution in [2.75, 3.05) is 31.2 Å². The molecule has 2 aliphatic rings. The molecule has 1 aliphatic carbocycles. The van der Waals surface area contributed by atoms with Crippen molar-refractivity contribution in [2.24, 2.45) is 0 Å². The molecule has 1 N–H and O–H groups in total. The standard InChI is InChI=1S/C15H19F3N2O/c16-15(17,18)14(5-6-14)19-11-12-1-3-13(4-2-12)20-7-9-21-10-8-20/h1-4,19H,5-11H2. The molecule has 0 amide bonds. The molecule has 0 aromatic heterocycles. The highest BCUT2D eigenvalue weighted by Gasteiger charge is 2.62. The van der Waals surface area contributed by atoms with Gasteiger partial charge in [-0.25, -0.2) is 0 Å². The minimum atomic E-state index is -4.15. The van der Waals surface area contributed by atoms with Gasteiger partial charge in [0.1, 0.15) is 5.54 Å². The summed E-state index contributed by atoms with van der Waals surface area (Å²) in [5.74, 6) is 0. The molecule has 0 radical (unpaired) electrons. The molecule has 1 saturated heterocycles. The Morgan fingerprint density at radius 2 is 1.71 bits per heavy atom. The average Bonchev–Trinajstić information content (AvgIpc) is 3.28. The van der Waals surface area contributed by atoms with Crippen molar-refractivity contribution in [1.82, 2.24) is 5.32 Å². The van der Waals surface area contributed by atoms with Crippen molar-refractivity contribution in [3.05, 3.63) is 29.8 Å². The normalized spacial score (nSPS) is 21.4. The number of nitrogens with zero attached hydrogens (tertiary/aromatic N) is 1. The molecule has 1 saturated carbocycles. The molecule has 0 atom stereocenters. The molecule has 1 heterocycles. The zero-order chi connectivity index (χ0) is 14.9. The molecule has 3 rings (SSSR count). The summed E-state index contributed by atoms with van der Waals surface area (Å²) in [6.07, 6.45) is -3.79. The van der Waals surface area contributed by atoms with Crippen molar-refractivity contribution >= 4 is 5.69 Å². The smallest absolute Gasteiger partial charge is 0.378 e. The zero-order valence-corrected chi connectivity index (χ0v) is 11.7. The zero-order valence-electron chi connectivity index (χ0n) is 11.7. The van der Waals surface area contributed by atoms with Crippen LogP contribution in [-0.2, 0) is 11.3 Å². The molecule has 116 valence electrons. The van der Waals surface area contributed by atoms with Crippen LogP contribution in [0.15, 0.2) is 24.3 Å². The lowest BCUT2D eigenvalue weighted by atomic mass is 10.1. The van der Waals surface area contributed by atoms with Crippen LogP contribution in [0.4, 0.5) is 18.9 Å². The van der Waals surface area contributed by atoms with Crippen LogP contribution in [0.2, 0.25) is 0 Å². The number of ether oxygens (including phenoxy) is 1. The predicted molar refractivity (Wildman–Crippen MR) is 74.3 cm³/mol. The lowest BCUT2D eigenvalue weighted by Gasteiger charge is -2.29. The number of halogens is 3. The monoisotopic (exact) mass is 300 g/mol. The second kappa shape index (κ2) is 5.50. The second-order valence-corrected chi connectivity index (χ2v) is 5.70. The minimum Gasteiger partial charge on any atom is -0.378 e. The lowest BCUT2D eigenvalue weighted by molar-refractivity contribution is -0.166. The maximum atomic E-state index is 12.8. The molecule has 2 fully saturated rings. The van der Waals surface area contributed by atoms with E-state index in [4.69, 9.17) is 4.74 Å². The van der Waals surface area contributed by atoms with Gasteiger partial charge in [-0.15, -0.1) is 0 Å². The van der Waals surface area contributed by atoms with E-state index < -0.39 is 11.7 Å². The minimum absolute atomic E-state index is 0.183. The quantitative estimate of drug-likeness (QED) is 0.925. The third-order valence-electron chi connectivity index (χ3n) is 4.24. The molecule has 0 unspecified atom stereocenters. The maximum absolute atomic E-state index is 12.8. The van der Waals surface area contributed by atoms with Gasteiger partial charge in [0.25, 0.3) is 0 Å². The third kappa shape index (κ3) is 3.16. The van der Waals surface area contributed by atoms with Gasteiger partial charge in [-0.2, -0.15) is 13.2 Å². The molecule has 21 heavy (non-hydrogen) atoms. The van der Waals surface area contributed by atoms with Gasteiger partial charge in [0.15, 0.2) is 0 Å². The van der Waals surface area contributed by atoms with Crippen LogP contribution in [0.1, 0.15) is 18.4 Å². The molecular formula is C15H19F3N2O. The fourth-order valence-electron chi connectivity index (χ4n) is 2.60. The summed E-state index contributed by atoms with van der Waals surface area (Å²) in [5, 5.41) is 2.67. The first kappa shape index (κ1) is 14.7. The Labute approximate surface area is 122 Å². The number of morpholine rings is 1. The van der Waals surface area contributed by atoms with Gasteiger partial charge < -0.3 is 9.64 Å². The summed E-state index contributed by atoms with van der Waals surface area (Å²) in [5.41, 5.74) is 0.331. The highest BCUT2D eigenvalue weighted by molar-refractivity contribution is 5.47. The summed E-state index contributed by atoms with van der Waals surface area (Å²) < 4.78 is 43.8. The van der Waals surface area contributed by atoms with E-state index in [1.807, 2.05) is 24.3 Å². The SMILES string of the molecule is FC(F)(F)C1(NCc2ccc(N3CCOCC3)cc2)CC1. The highest BCUT2D eigenvalue weighted by atomic mass is 19.4. The number of benzene rings is 1. The van der Waals surface area contributed by atoms with E-state index in [2.05, 4.69) is 10.2 Å². The number of rotatable bonds is 4. The Morgan fingerprint density at radius 1 is 1.10 bits per heavy atom. The van der Waals surface area contributed by atoms with Crippen molar-refractivity contribution in [2.45, 2.75) is 31.1 Å². The highest BCUT2D eigenvalue weighted by Crippen LogP contribution is 2.49. The van der Waals surface area contributed by atoms with Gasteiger partial charge in [0.2, 0.25) is 0 Å². The summed E-state index contributed by atoms with van der Waals surface area (Å²) in [6, 6.07) is 7.72. The molecular weight excluding hydrogens is 281 g/mol. The van der Waals surface area contributed by atoms with E-state index in [0.717, 1.165) is 37.6 Å². The van der Waals surface area contributed by atoms with Crippen LogP contribution >= 0.6 is 0 Å². The van der Waals surface area contributed by atoms with E-state index in [9.17, 15) is 13.2 Å². The van der Waals surface area contributed by atoms with E-state index in [1.54, 1.807) is 0 Å². The molecule has 6 heteroatoms. The van der Waals surface area contributed by atoms with Gasteiger partial charge in [-0.3, -0.25) is 5.32 Å². The Hall–Kier alpha value is -1.27. The van der Waals surface area contributed by atoms with E-state index in [1.165, 1.54) is 0 Å². The first-order valence-corrected chi connectivity index (χ1v) is 7.24. The van der Waals surface area contributed by atoms with E-state index in [0.29, 0.717) is 0 Å².